The first-order valence-corrected chi connectivity index (χ1v) is 6.09. The van der Waals surface area contributed by atoms with Crippen LogP contribution >= 0.6 is 0 Å². The summed E-state index contributed by atoms with van der Waals surface area (Å²) in [6.07, 6.45) is 2.40. The monoisotopic (exact) mass is 257 g/mol. The molecule has 0 atom stereocenters. The van der Waals surface area contributed by atoms with Crippen molar-refractivity contribution in [2.45, 2.75) is 18.7 Å². The summed E-state index contributed by atoms with van der Waals surface area (Å²) in [5.41, 5.74) is 0.134. The van der Waals surface area contributed by atoms with Crippen LogP contribution < -0.4 is 0 Å². The molecule has 1 rings (SSSR count). The Bertz CT molecular complexity index is 562. The largest absolute Gasteiger partial charge is 0.387 e. The molecule has 0 aromatic heterocycles. The molecule has 0 fully saturated rings. The van der Waals surface area contributed by atoms with Crippen LogP contribution in [0.2, 0.25) is 0 Å². The Hall–Kier alpha value is -1.89. The van der Waals surface area contributed by atoms with Crippen molar-refractivity contribution in [3.05, 3.63) is 46.2 Å². The molecule has 0 spiro atoms. The van der Waals surface area contributed by atoms with Gasteiger partial charge in [-0.2, -0.15) is 8.42 Å². The lowest BCUT2D eigenvalue weighted by molar-refractivity contribution is -0.385. The van der Waals surface area contributed by atoms with Gasteiger partial charge < -0.3 is 4.18 Å². The molecule has 0 amide bonds. The number of aryl methyl sites for hydroxylation is 1. The average molecular weight is 257 g/mol. The van der Waals surface area contributed by atoms with E-state index < -0.39 is 15.0 Å². The highest BCUT2D eigenvalue weighted by Gasteiger charge is 2.19. The normalized spacial score (nSPS) is 11.6. The number of hydrogen-bond acceptors (Lipinski definition) is 5. The van der Waals surface area contributed by atoms with E-state index in [1.54, 1.807) is 6.92 Å². The van der Waals surface area contributed by atoms with Crippen molar-refractivity contribution in [1.82, 2.24) is 0 Å². The first-order valence-electron chi connectivity index (χ1n) is 4.68. The summed E-state index contributed by atoms with van der Waals surface area (Å²) in [6, 6.07) is 3.61. The van der Waals surface area contributed by atoms with Gasteiger partial charge >= 0.3 is 10.1 Å². The van der Waals surface area contributed by atoms with Crippen molar-refractivity contribution in [3.63, 3.8) is 0 Å². The average Bonchev–Trinajstić information content (AvgIpc) is 2.26. The standard InChI is InChI=1S/C10H11NO5S/c1-3-6-16-17(14,15)9-5-4-8(2)10(7-9)11(12)13/h3-7H,1-2H3/b6-3+. The third-order valence-corrected chi connectivity index (χ3v) is 3.18. The summed E-state index contributed by atoms with van der Waals surface area (Å²) >= 11 is 0. The maximum Gasteiger partial charge on any atom is 0.338 e. The number of rotatable bonds is 4. The summed E-state index contributed by atoms with van der Waals surface area (Å²) in [5.74, 6) is 0. The predicted octanol–water partition coefficient (Wildman–Crippen LogP) is 2.14. The van der Waals surface area contributed by atoms with Crippen LogP contribution in [0.25, 0.3) is 0 Å². The van der Waals surface area contributed by atoms with Gasteiger partial charge in [0.25, 0.3) is 5.69 Å². The highest BCUT2D eigenvalue weighted by molar-refractivity contribution is 7.86. The maximum atomic E-state index is 11.6. The lowest BCUT2D eigenvalue weighted by atomic mass is 10.2. The highest BCUT2D eigenvalue weighted by Crippen LogP contribution is 2.23. The van der Waals surface area contributed by atoms with E-state index in [4.69, 9.17) is 0 Å². The van der Waals surface area contributed by atoms with Crippen LogP contribution in [0.1, 0.15) is 12.5 Å². The summed E-state index contributed by atoms with van der Waals surface area (Å²) in [7, 11) is -3.99. The van der Waals surface area contributed by atoms with Crippen LogP contribution in [0.5, 0.6) is 0 Å². The van der Waals surface area contributed by atoms with Gasteiger partial charge in [0.15, 0.2) is 0 Å². The molecule has 0 aliphatic rings. The van der Waals surface area contributed by atoms with Gasteiger partial charge in [0.1, 0.15) is 11.2 Å². The second kappa shape index (κ2) is 4.96. The van der Waals surface area contributed by atoms with Gasteiger partial charge in [0.05, 0.1) is 4.92 Å². The van der Waals surface area contributed by atoms with Gasteiger partial charge in [-0.25, -0.2) is 0 Å². The van der Waals surface area contributed by atoms with E-state index in [0.717, 1.165) is 12.3 Å². The number of allylic oxidation sites excluding steroid dienone is 1. The molecule has 17 heavy (non-hydrogen) atoms. The minimum absolute atomic E-state index is 0.243. The van der Waals surface area contributed by atoms with Crippen LogP contribution in [0.4, 0.5) is 5.69 Å². The molecule has 0 aliphatic heterocycles. The molecule has 0 radical (unpaired) electrons. The smallest absolute Gasteiger partial charge is 0.338 e. The van der Waals surface area contributed by atoms with Crippen LogP contribution in [0, 0.1) is 17.0 Å². The second-order valence-corrected chi connectivity index (χ2v) is 4.80. The van der Waals surface area contributed by atoms with E-state index in [1.807, 2.05) is 0 Å². The van der Waals surface area contributed by atoms with Crippen molar-refractivity contribution in [2.24, 2.45) is 0 Å². The Kier molecular flexibility index (Phi) is 3.84. The highest BCUT2D eigenvalue weighted by atomic mass is 32.2. The van der Waals surface area contributed by atoms with Crippen LogP contribution in [-0.2, 0) is 14.3 Å². The van der Waals surface area contributed by atoms with Crippen molar-refractivity contribution in [3.8, 4) is 0 Å². The fourth-order valence-corrected chi connectivity index (χ4v) is 1.98. The van der Waals surface area contributed by atoms with Gasteiger partial charge in [-0.05, 0) is 19.9 Å². The fraction of sp³-hybridized carbons (Fsp3) is 0.200. The Labute approximate surface area is 98.8 Å². The number of nitro benzene ring substituents is 1. The summed E-state index contributed by atoms with van der Waals surface area (Å²) < 4.78 is 27.7. The maximum absolute atomic E-state index is 11.6. The van der Waals surface area contributed by atoms with Crippen molar-refractivity contribution >= 4 is 15.8 Å². The lowest BCUT2D eigenvalue weighted by Gasteiger charge is -2.03. The predicted molar refractivity (Wildman–Crippen MR) is 60.9 cm³/mol. The molecule has 0 unspecified atom stereocenters. The molecule has 0 saturated heterocycles. The summed E-state index contributed by atoms with van der Waals surface area (Å²) in [5, 5.41) is 10.7. The van der Waals surface area contributed by atoms with E-state index >= 15 is 0 Å². The molecule has 0 saturated carbocycles. The zero-order valence-electron chi connectivity index (χ0n) is 9.28. The topological polar surface area (TPSA) is 86.5 Å². The number of nitrogens with zero attached hydrogens (tertiary/aromatic N) is 1. The number of nitro groups is 1. The van der Waals surface area contributed by atoms with Gasteiger partial charge in [0.2, 0.25) is 0 Å². The quantitative estimate of drug-likeness (QED) is 0.357. The van der Waals surface area contributed by atoms with Crippen LogP contribution in [0.15, 0.2) is 35.4 Å². The minimum Gasteiger partial charge on any atom is -0.387 e. The molecule has 6 nitrogen and oxygen atoms in total. The molecule has 0 heterocycles. The summed E-state index contributed by atoms with van der Waals surface area (Å²) in [4.78, 5) is 9.79. The molecule has 0 aliphatic carbocycles. The first kappa shape index (κ1) is 13.2. The van der Waals surface area contributed by atoms with Crippen LogP contribution in [0.3, 0.4) is 0 Å². The number of hydrogen-bond donors (Lipinski definition) is 0. The molecule has 1 aromatic carbocycles. The number of benzene rings is 1. The lowest BCUT2D eigenvalue weighted by Crippen LogP contribution is -2.03. The summed E-state index contributed by atoms with van der Waals surface area (Å²) in [6.45, 7) is 3.12. The molecule has 7 heteroatoms. The van der Waals surface area contributed by atoms with Gasteiger partial charge in [0, 0.05) is 11.6 Å². The van der Waals surface area contributed by atoms with E-state index in [-0.39, 0.29) is 10.6 Å². The Morgan fingerprint density at radius 2 is 2.06 bits per heavy atom. The van der Waals surface area contributed by atoms with Crippen molar-refractivity contribution in [1.29, 1.82) is 0 Å². The van der Waals surface area contributed by atoms with Crippen molar-refractivity contribution in [2.75, 3.05) is 0 Å². The molecule has 0 bridgehead atoms. The van der Waals surface area contributed by atoms with E-state index in [1.165, 1.54) is 25.1 Å². The molecular formula is C10H11NO5S. The zero-order chi connectivity index (χ0) is 13.1. The first-order chi connectivity index (χ1) is 7.88. The van der Waals surface area contributed by atoms with Gasteiger partial charge in [-0.3, -0.25) is 10.1 Å². The third-order valence-electron chi connectivity index (χ3n) is 1.98. The van der Waals surface area contributed by atoms with Crippen molar-refractivity contribution < 1.29 is 17.5 Å². The van der Waals surface area contributed by atoms with E-state index in [0.29, 0.717) is 5.56 Å². The second-order valence-electron chi connectivity index (χ2n) is 3.23. The van der Waals surface area contributed by atoms with E-state index in [2.05, 4.69) is 4.18 Å². The van der Waals surface area contributed by atoms with Crippen LogP contribution in [-0.4, -0.2) is 13.3 Å². The van der Waals surface area contributed by atoms with E-state index in [9.17, 15) is 18.5 Å². The minimum atomic E-state index is -3.99. The fourth-order valence-electron chi connectivity index (χ4n) is 1.13. The molecule has 92 valence electrons. The Balaban J connectivity index is 3.25. The Morgan fingerprint density at radius 1 is 1.41 bits per heavy atom. The van der Waals surface area contributed by atoms with Gasteiger partial charge in [-0.15, -0.1) is 0 Å². The Morgan fingerprint density at radius 3 is 2.59 bits per heavy atom. The zero-order valence-corrected chi connectivity index (χ0v) is 10.1. The molecular weight excluding hydrogens is 246 g/mol. The molecule has 0 N–H and O–H groups in total. The van der Waals surface area contributed by atoms with Gasteiger partial charge in [-0.1, -0.05) is 12.1 Å². The SMILES string of the molecule is C/C=C/OS(=O)(=O)c1ccc(C)c([N+](=O)[O-])c1. The third kappa shape index (κ3) is 3.04. The molecule has 1 aromatic rings.